The van der Waals surface area contributed by atoms with Gasteiger partial charge in [0.1, 0.15) is 6.54 Å². The maximum absolute atomic E-state index is 12.8. The van der Waals surface area contributed by atoms with Crippen molar-refractivity contribution in [2.45, 2.75) is 43.2 Å². The topological polar surface area (TPSA) is 66.5 Å². The largest absolute Gasteiger partial charge is 0.405 e. The quantitative estimate of drug-likeness (QED) is 0.858. The molecular formula is C17H21F3N2O3S. The lowest BCUT2D eigenvalue weighted by atomic mass is 9.97. The van der Waals surface area contributed by atoms with Gasteiger partial charge in [-0.05, 0) is 55.4 Å². The van der Waals surface area contributed by atoms with E-state index in [4.69, 9.17) is 0 Å². The number of halogens is 3. The number of piperidine rings is 1. The normalized spacial score (nSPS) is 19.3. The van der Waals surface area contributed by atoms with E-state index in [9.17, 15) is 26.4 Å². The van der Waals surface area contributed by atoms with E-state index in [2.05, 4.69) is 0 Å². The van der Waals surface area contributed by atoms with Crippen LogP contribution < -0.4 is 5.32 Å². The molecule has 0 saturated carbocycles. The van der Waals surface area contributed by atoms with Gasteiger partial charge in [0.25, 0.3) is 0 Å². The first kappa shape index (κ1) is 19.2. The van der Waals surface area contributed by atoms with Crippen LogP contribution in [0.15, 0.2) is 23.1 Å². The Kier molecular flexibility index (Phi) is 5.30. The Bertz CT molecular complexity index is 785. The van der Waals surface area contributed by atoms with E-state index >= 15 is 0 Å². The first-order valence-corrected chi connectivity index (χ1v) is 10.1. The molecule has 1 saturated heterocycles. The molecule has 0 aromatic heterocycles. The number of carbonyl (C=O) groups excluding carboxylic acids is 1. The number of hydrogen-bond acceptors (Lipinski definition) is 3. The van der Waals surface area contributed by atoms with Crippen molar-refractivity contribution in [1.82, 2.24) is 9.62 Å². The fraction of sp³-hybridized carbons (Fsp3) is 0.588. The number of sulfonamides is 1. The average molecular weight is 390 g/mol. The molecule has 5 nitrogen and oxygen atoms in total. The van der Waals surface area contributed by atoms with Crippen LogP contribution in [0.5, 0.6) is 0 Å². The minimum Gasteiger partial charge on any atom is -0.347 e. The van der Waals surface area contributed by atoms with Crippen molar-refractivity contribution in [2.75, 3.05) is 19.6 Å². The lowest BCUT2D eigenvalue weighted by Crippen LogP contribution is -2.44. The molecular weight excluding hydrogens is 369 g/mol. The lowest BCUT2D eigenvalue weighted by Gasteiger charge is -2.30. The number of aryl methyl sites for hydroxylation is 2. The zero-order valence-electron chi connectivity index (χ0n) is 14.2. The highest BCUT2D eigenvalue weighted by atomic mass is 32.2. The van der Waals surface area contributed by atoms with E-state index in [1.807, 2.05) is 11.4 Å². The lowest BCUT2D eigenvalue weighted by molar-refractivity contribution is -0.141. The zero-order valence-corrected chi connectivity index (χ0v) is 15.0. The van der Waals surface area contributed by atoms with E-state index in [1.165, 1.54) is 9.87 Å². The Morgan fingerprint density at radius 2 is 1.81 bits per heavy atom. The van der Waals surface area contributed by atoms with E-state index in [0.29, 0.717) is 0 Å². The molecule has 2 aliphatic rings. The summed E-state index contributed by atoms with van der Waals surface area (Å²) < 4.78 is 63.5. The van der Waals surface area contributed by atoms with Crippen molar-refractivity contribution in [2.24, 2.45) is 5.92 Å². The van der Waals surface area contributed by atoms with Crippen LogP contribution in [0, 0.1) is 5.92 Å². The Morgan fingerprint density at radius 1 is 1.15 bits per heavy atom. The highest BCUT2D eigenvalue weighted by Gasteiger charge is 2.34. The zero-order chi connectivity index (χ0) is 18.9. The summed E-state index contributed by atoms with van der Waals surface area (Å²) in [5.74, 6) is -1.26. The van der Waals surface area contributed by atoms with Crippen molar-refractivity contribution < 1.29 is 26.4 Å². The molecule has 0 unspecified atom stereocenters. The minimum absolute atomic E-state index is 0.128. The van der Waals surface area contributed by atoms with Gasteiger partial charge in [-0.25, -0.2) is 8.42 Å². The van der Waals surface area contributed by atoms with Gasteiger partial charge in [0.2, 0.25) is 15.9 Å². The van der Waals surface area contributed by atoms with Gasteiger partial charge in [-0.2, -0.15) is 17.5 Å². The Labute approximate surface area is 150 Å². The third-order valence-electron chi connectivity index (χ3n) is 5.00. The second-order valence-electron chi connectivity index (χ2n) is 6.80. The molecule has 26 heavy (non-hydrogen) atoms. The summed E-state index contributed by atoms with van der Waals surface area (Å²) in [5, 5.41) is 1.87. The van der Waals surface area contributed by atoms with Gasteiger partial charge in [-0.3, -0.25) is 4.79 Å². The van der Waals surface area contributed by atoms with Crippen molar-refractivity contribution in [3.05, 3.63) is 29.3 Å². The van der Waals surface area contributed by atoms with Crippen LogP contribution in [0.4, 0.5) is 13.2 Å². The molecule has 0 atom stereocenters. The van der Waals surface area contributed by atoms with E-state index in [1.54, 1.807) is 12.1 Å². The van der Waals surface area contributed by atoms with Crippen molar-refractivity contribution in [3.63, 3.8) is 0 Å². The van der Waals surface area contributed by atoms with Gasteiger partial charge in [0.15, 0.2) is 0 Å². The van der Waals surface area contributed by atoms with Crippen LogP contribution in [0.3, 0.4) is 0 Å². The van der Waals surface area contributed by atoms with Crippen molar-refractivity contribution in [1.29, 1.82) is 0 Å². The summed E-state index contributed by atoms with van der Waals surface area (Å²) in [4.78, 5) is 12.1. The summed E-state index contributed by atoms with van der Waals surface area (Å²) in [7, 11) is -3.65. The molecule has 3 rings (SSSR count). The molecule has 0 bridgehead atoms. The molecule has 144 valence electrons. The van der Waals surface area contributed by atoms with Crippen molar-refractivity contribution in [3.8, 4) is 0 Å². The molecule has 0 radical (unpaired) electrons. The molecule has 1 amide bonds. The highest BCUT2D eigenvalue weighted by Crippen LogP contribution is 2.28. The third-order valence-corrected chi connectivity index (χ3v) is 6.89. The van der Waals surface area contributed by atoms with Gasteiger partial charge in [0.05, 0.1) is 4.90 Å². The smallest absolute Gasteiger partial charge is 0.347 e. The minimum atomic E-state index is -4.45. The predicted octanol–water partition coefficient (Wildman–Crippen LogP) is 2.25. The van der Waals surface area contributed by atoms with Crippen LogP contribution >= 0.6 is 0 Å². The first-order valence-electron chi connectivity index (χ1n) is 8.63. The number of nitrogens with zero attached hydrogens (tertiary/aromatic N) is 1. The summed E-state index contributed by atoms with van der Waals surface area (Å²) in [6.07, 6.45) is -1.15. The van der Waals surface area contributed by atoms with Gasteiger partial charge in [0, 0.05) is 19.0 Å². The number of benzene rings is 1. The SMILES string of the molecule is O=C(NCC(F)(F)F)C1CCN(S(=O)(=O)c2ccc3c(c2)CCC3)CC1. The maximum atomic E-state index is 12.8. The summed E-state index contributed by atoms with van der Waals surface area (Å²) in [6.45, 7) is -1.10. The van der Waals surface area contributed by atoms with Gasteiger partial charge in [-0.1, -0.05) is 6.07 Å². The molecule has 1 aliphatic heterocycles. The second-order valence-corrected chi connectivity index (χ2v) is 8.73. The van der Waals surface area contributed by atoms with Crippen LogP contribution in [-0.4, -0.2) is 44.4 Å². The Hall–Kier alpha value is -1.61. The number of rotatable bonds is 4. The van der Waals surface area contributed by atoms with E-state index in [-0.39, 0.29) is 30.8 Å². The Morgan fingerprint density at radius 3 is 2.46 bits per heavy atom. The van der Waals surface area contributed by atoms with Crippen LogP contribution in [0.1, 0.15) is 30.4 Å². The summed E-state index contributed by atoms with van der Waals surface area (Å²) in [5.41, 5.74) is 2.25. The predicted molar refractivity (Wildman–Crippen MR) is 89.0 cm³/mol. The molecule has 1 aliphatic carbocycles. The first-order chi connectivity index (χ1) is 12.2. The fourth-order valence-corrected chi connectivity index (χ4v) is 5.07. The number of alkyl halides is 3. The number of fused-ring (bicyclic) bond motifs is 1. The van der Waals surface area contributed by atoms with Gasteiger partial charge >= 0.3 is 6.18 Å². The summed E-state index contributed by atoms with van der Waals surface area (Å²) in [6, 6.07) is 5.19. The molecule has 9 heteroatoms. The fourth-order valence-electron chi connectivity index (χ4n) is 3.55. The van der Waals surface area contributed by atoms with Crippen molar-refractivity contribution >= 4 is 15.9 Å². The van der Waals surface area contributed by atoms with Crippen LogP contribution in [-0.2, 0) is 27.7 Å². The van der Waals surface area contributed by atoms with Crippen LogP contribution in [0.25, 0.3) is 0 Å². The molecule has 0 spiro atoms. The average Bonchev–Trinajstić information content (AvgIpc) is 3.07. The number of amides is 1. The van der Waals surface area contributed by atoms with Crippen LogP contribution in [0.2, 0.25) is 0 Å². The van der Waals surface area contributed by atoms with E-state index in [0.717, 1.165) is 24.8 Å². The molecule has 1 N–H and O–H groups in total. The Balaban J connectivity index is 1.61. The molecule has 1 heterocycles. The molecule has 1 aromatic rings. The third kappa shape index (κ3) is 4.20. The molecule has 1 fully saturated rings. The second kappa shape index (κ2) is 7.19. The number of carbonyl (C=O) groups is 1. The highest BCUT2D eigenvalue weighted by molar-refractivity contribution is 7.89. The number of nitrogens with one attached hydrogen (secondary N) is 1. The maximum Gasteiger partial charge on any atom is 0.405 e. The monoisotopic (exact) mass is 390 g/mol. The standard InChI is InChI=1S/C17H21F3N2O3S/c18-17(19,20)11-21-16(23)13-6-8-22(9-7-13)26(24,25)15-5-4-12-2-1-3-14(12)10-15/h4-5,10,13H,1-3,6-9,11H2,(H,21,23). The van der Waals surface area contributed by atoms with E-state index < -0.39 is 34.6 Å². The number of hydrogen-bond donors (Lipinski definition) is 1. The van der Waals surface area contributed by atoms with Gasteiger partial charge in [-0.15, -0.1) is 0 Å². The van der Waals surface area contributed by atoms with Gasteiger partial charge < -0.3 is 5.32 Å². The summed E-state index contributed by atoms with van der Waals surface area (Å²) >= 11 is 0. The molecule has 1 aromatic carbocycles.